The third kappa shape index (κ3) is 3.84. The molecule has 5 rings (SSSR count). The van der Waals surface area contributed by atoms with E-state index in [1.807, 2.05) is 6.07 Å². The minimum atomic E-state index is -0.562. The standard InChI is InChI=1S/C26H29N3O3/c1-26(11-13-28(14-12-26)16-18-5-3-2-4-6-18)20-7-8-21-19(15-20)17-29(25(21)32)22-9-10-23(30)27-24(22)31/h2-8,15,22H,9-14,16-17H2,1H3,(H,27,30,31). The first-order valence-electron chi connectivity index (χ1n) is 11.5. The number of imide groups is 1. The van der Waals surface area contributed by atoms with Gasteiger partial charge in [0.05, 0.1) is 0 Å². The average Bonchev–Trinajstić information content (AvgIpc) is 3.12. The number of carbonyl (C=O) groups is 3. The summed E-state index contributed by atoms with van der Waals surface area (Å²) in [6.07, 6.45) is 2.82. The summed E-state index contributed by atoms with van der Waals surface area (Å²) >= 11 is 0. The number of piperidine rings is 2. The molecular weight excluding hydrogens is 402 g/mol. The maximum Gasteiger partial charge on any atom is 0.255 e. The van der Waals surface area contributed by atoms with Gasteiger partial charge in [-0.3, -0.25) is 24.6 Å². The lowest BCUT2D eigenvalue weighted by Crippen LogP contribution is -2.52. The van der Waals surface area contributed by atoms with Crippen molar-refractivity contribution in [1.82, 2.24) is 15.1 Å². The van der Waals surface area contributed by atoms with E-state index in [0.717, 1.165) is 38.0 Å². The molecule has 3 aliphatic heterocycles. The number of amides is 3. The van der Waals surface area contributed by atoms with Crippen molar-refractivity contribution in [3.05, 3.63) is 70.8 Å². The molecule has 0 radical (unpaired) electrons. The van der Waals surface area contributed by atoms with Crippen LogP contribution in [0.3, 0.4) is 0 Å². The fraction of sp³-hybridized carbons (Fsp3) is 0.423. The SMILES string of the molecule is CC1(c2ccc3c(c2)CN(C2CCC(=O)NC2=O)C3=O)CCN(Cc2ccccc2)CC1. The van der Waals surface area contributed by atoms with E-state index >= 15 is 0 Å². The van der Waals surface area contributed by atoms with Gasteiger partial charge >= 0.3 is 0 Å². The second kappa shape index (κ2) is 8.17. The lowest BCUT2D eigenvalue weighted by atomic mass is 9.74. The molecule has 166 valence electrons. The number of fused-ring (bicyclic) bond motifs is 1. The van der Waals surface area contributed by atoms with E-state index in [9.17, 15) is 14.4 Å². The Balaban J connectivity index is 1.28. The summed E-state index contributed by atoms with van der Waals surface area (Å²) in [6.45, 7) is 5.83. The molecule has 3 heterocycles. The minimum Gasteiger partial charge on any atom is -0.322 e. The molecule has 1 N–H and O–H groups in total. The van der Waals surface area contributed by atoms with Crippen molar-refractivity contribution in [2.75, 3.05) is 13.1 Å². The van der Waals surface area contributed by atoms with Crippen LogP contribution in [0.2, 0.25) is 0 Å². The third-order valence-corrected chi connectivity index (χ3v) is 7.43. The van der Waals surface area contributed by atoms with Crippen molar-refractivity contribution in [2.24, 2.45) is 0 Å². The van der Waals surface area contributed by atoms with Crippen molar-refractivity contribution >= 4 is 17.7 Å². The molecule has 0 bridgehead atoms. The third-order valence-electron chi connectivity index (χ3n) is 7.43. The summed E-state index contributed by atoms with van der Waals surface area (Å²) in [5.41, 5.74) is 4.37. The monoisotopic (exact) mass is 431 g/mol. The van der Waals surface area contributed by atoms with Gasteiger partial charge in [0.15, 0.2) is 0 Å². The summed E-state index contributed by atoms with van der Waals surface area (Å²) < 4.78 is 0. The highest BCUT2D eigenvalue weighted by Gasteiger charge is 2.40. The lowest BCUT2D eigenvalue weighted by Gasteiger charge is -2.40. The highest BCUT2D eigenvalue weighted by Crippen LogP contribution is 2.38. The highest BCUT2D eigenvalue weighted by molar-refractivity contribution is 6.05. The minimum absolute atomic E-state index is 0.0767. The van der Waals surface area contributed by atoms with Gasteiger partial charge in [-0.2, -0.15) is 0 Å². The lowest BCUT2D eigenvalue weighted by molar-refractivity contribution is -0.136. The van der Waals surface area contributed by atoms with Crippen molar-refractivity contribution in [2.45, 2.75) is 57.2 Å². The van der Waals surface area contributed by atoms with Crippen molar-refractivity contribution in [1.29, 1.82) is 0 Å². The van der Waals surface area contributed by atoms with E-state index in [2.05, 4.69) is 59.6 Å². The topological polar surface area (TPSA) is 69.7 Å². The predicted molar refractivity (Wildman–Crippen MR) is 121 cm³/mol. The fourth-order valence-corrected chi connectivity index (χ4v) is 5.28. The second-order valence-corrected chi connectivity index (χ2v) is 9.59. The predicted octanol–water partition coefficient (Wildman–Crippen LogP) is 3.00. The van der Waals surface area contributed by atoms with E-state index in [4.69, 9.17) is 0 Å². The van der Waals surface area contributed by atoms with E-state index < -0.39 is 6.04 Å². The molecule has 6 nitrogen and oxygen atoms in total. The molecule has 0 spiro atoms. The number of benzene rings is 2. The number of carbonyl (C=O) groups excluding carboxylic acids is 3. The molecule has 2 fully saturated rings. The molecule has 32 heavy (non-hydrogen) atoms. The Kier molecular flexibility index (Phi) is 5.33. The summed E-state index contributed by atoms with van der Waals surface area (Å²) in [7, 11) is 0. The van der Waals surface area contributed by atoms with E-state index in [1.54, 1.807) is 4.90 Å². The zero-order chi connectivity index (χ0) is 22.3. The van der Waals surface area contributed by atoms with Crippen LogP contribution in [0.1, 0.15) is 59.7 Å². The first-order valence-corrected chi connectivity index (χ1v) is 11.5. The fourth-order valence-electron chi connectivity index (χ4n) is 5.28. The molecule has 2 saturated heterocycles. The van der Waals surface area contributed by atoms with Crippen LogP contribution in [0.5, 0.6) is 0 Å². The van der Waals surface area contributed by atoms with Gasteiger partial charge in [0.25, 0.3) is 5.91 Å². The van der Waals surface area contributed by atoms with Gasteiger partial charge < -0.3 is 4.90 Å². The van der Waals surface area contributed by atoms with Crippen LogP contribution in [0, 0.1) is 0 Å². The highest BCUT2D eigenvalue weighted by atomic mass is 16.2. The molecule has 0 aliphatic carbocycles. The first-order chi connectivity index (χ1) is 15.4. The molecule has 6 heteroatoms. The van der Waals surface area contributed by atoms with Gasteiger partial charge in [0.2, 0.25) is 11.8 Å². The van der Waals surface area contributed by atoms with Gasteiger partial charge in [0, 0.05) is 25.1 Å². The molecule has 2 aromatic rings. The van der Waals surface area contributed by atoms with E-state index in [0.29, 0.717) is 18.5 Å². The maximum atomic E-state index is 13.0. The summed E-state index contributed by atoms with van der Waals surface area (Å²) in [5.74, 6) is -0.728. The van der Waals surface area contributed by atoms with Gasteiger partial charge in [-0.1, -0.05) is 49.4 Å². The Bertz CT molecular complexity index is 1060. The van der Waals surface area contributed by atoms with Crippen molar-refractivity contribution in [3.63, 3.8) is 0 Å². The van der Waals surface area contributed by atoms with Gasteiger partial charge in [-0.15, -0.1) is 0 Å². The van der Waals surface area contributed by atoms with Gasteiger partial charge in [-0.05, 0) is 60.5 Å². The second-order valence-electron chi connectivity index (χ2n) is 9.59. The van der Waals surface area contributed by atoms with Crippen LogP contribution in [-0.4, -0.2) is 46.7 Å². The number of rotatable bonds is 4. The summed E-state index contributed by atoms with van der Waals surface area (Å²) in [6, 6.07) is 16.2. The quantitative estimate of drug-likeness (QED) is 0.756. The smallest absolute Gasteiger partial charge is 0.255 e. The number of hydrogen-bond donors (Lipinski definition) is 1. The Morgan fingerprint density at radius 1 is 1.03 bits per heavy atom. The Hall–Kier alpha value is -2.99. The van der Waals surface area contributed by atoms with E-state index in [-0.39, 0.29) is 29.6 Å². The summed E-state index contributed by atoms with van der Waals surface area (Å²) in [4.78, 5) is 40.9. The van der Waals surface area contributed by atoms with Crippen molar-refractivity contribution < 1.29 is 14.4 Å². The van der Waals surface area contributed by atoms with Crippen LogP contribution in [-0.2, 0) is 28.1 Å². The number of nitrogens with one attached hydrogen (secondary N) is 1. The van der Waals surface area contributed by atoms with E-state index in [1.165, 1.54) is 11.1 Å². The zero-order valence-corrected chi connectivity index (χ0v) is 18.5. The number of hydrogen-bond acceptors (Lipinski definition) is 4. The molecule has 1 unspecified atom stereocenters. The van der Waals surface area contributed by atoms with Crippen LogP contribution in [0.4, 0.5) is 0 Å². The maximum absolute atomic E-state index is 13.0. The van der Waals surface area contributed by atoms with Gasteiger partial charge in [0.1, 0.15) is 6.04 Å². The first kappa shape index (κ1) is 20.9. The molecule has 0 aromatic heterocycles. The Morgan fingerprint density at radius 2 is 1.78 bits per heavy atom. The normalized spacial score (nSPS) is 23.2. The Labute approximate surface area is 188 Å². The molecule has 2 aromatic carbocycles. The van der Waals surface area contributed by atoms with Crippen molar-refractivity contribution in [3.8, 4) is 0 Å². The molecule has 0 saturated carbocycles. The van der Waals surface area contributed by atoms with Crippen LogP contribution in [0.15, 0.2) is 48.5 Å². The summed E-state index contributed by atoms with van der Waals surface area (Å²) in [5, 5.41) is 2.37. The molecule has 3 amide bonds. The Morgan fingerprint density at radius 3 is 2.50 bits per heavy atom. The van der Waals surface area contributed by atoms with Crippen LogP contribution >= 0.6 is 0 Å². The van der Waals surface area contributed by atoms with Crippen LogP contribution in [0.25, 0.3) is 0 Å². The zero-order valence-electron chi connectivity index (χ0n) is 18.5. The largest absolute Gasteiger partial charge is 0.322 e. The molecule has 3 aliphatic rings. The molecular formula is C26H29N3O3. The number of likely N-dealkylation sites (tertiary alicyclic amines) is 1. The van der Waals surface area contributed by atoms with Gasteiger partial charge in [-0.25, -0.2) is 0 Å². The van der Waals surface area contributed by atoms with Crippen LogP contribution < -0.4 is 5.32 Å². The average molecular weight is 432 g/mol. The number of nitrogens with zero attached hydrogens (tertiary/aromatic N) is 2. The molecule has 1 atom stereocenters.